The van der Waals surface area contributed by atoms with Crippen molar-refractivity contribution < 1.29 is 19.4 Å². The fourth-order valence-corrected chi connectivity index (χ4v) is 5.92. The van der Waals surface area contributed by atoms with Crippen LogP contribution in [0.4, 0.5) is 0 Å². The quantitative estimate of drug-likeness (QED) is 0.393. The summed E-state index contributed by atoms with van der Waals surface area (Å²) in [6, 6.07) is 17.4. The summed E-state index contributed by atoms with van der Waals surface area (Å²) >= 11 is 2.71. The van der Waals surface area contributed by atoms with E-state index in [2.05, 4.69) is 0 Å². The second-order valence-corrected chi connectivity index (χ2v) is 9.87. The van der Waals surface area contributed by atoms with Crippen molar-refractivity contribution in [1.29, 1.82) is 0 Å². The van der Waals surface area contributed by atoms with Gasteiger partial charge in [-0.15, -0.1) is 11.3 Å². The molecule has 0 radical (unpaired) electrons. The number of hydrogen-bond donors (Lipinski definition) is 1. The maximum atomic E-state index is 13.7. The van der Waals surface area contributed by atoms with E-state index < -0.39 is 12.0 Å². The first-order valence-electron chi connectivity index (χ1n) is 11.2. The molecule has 5 rings (SSSR count). The van der Waals surface area contributed by atoms with Gasteiger partial charge in [-0.25, -0.2) is 9.79 Å². The second-order valence-electron chi connectivity index (χ2n) is 7.88. The number of aromatic nitrogens is 1. The second kappa shape index (κ2) is 9.96. The van der Waals surface area contributed by atoms with Crippen LogP contribution < -0.4 is 19.6 Å². The SMILES string of the molecule is CCOC(=O)C1=C(c2ccccc2)N=c2s/c(=C\c3ccc(O)c(OC)c3)c(=O)n2C1c1cccs1. The fraction of sp³-hybridized carbons (Fsp3) is 0.148. The Hall–Kier alpha value is -3.95. The van der Waals surface area contributed by atoms with E-state index >= 15 is 0 Å². The number of thiophene rings is 1. The molecule has 0 aliphatic carbocycles. The number of rotatable bonds is 6. The molecule has 0 fully saturated rings. The normalized spacial score (nSPS) is 15.4. The first-order valence-corrected chi connectivity index (χ1v) is 12.9. The maximum absolute atomic E-state index is 13.7. The highest BCUT2D eigenvalue weighted by Crippen LogP contribution is 2.36. The Morgan fingerprint density at radius 3 is 2.67 bits per heavy atom. The van der Waals surface area contributed by atoms with E-state index in [0.29, 0.717) is 31.9 Å². The number of hydrogen-bond acceptors (Lipinski definition) is 8. The predicted octanol–water partition coefficient (Wildman–Crippen LogP) is 3.71. The number of aromatic hydroxyl groups is 1. The molecule has 1 N–H and O–H groups in total. The van der Waals surface area contributed by atoms with Gasteiger partial charge in [0.15, 0.2) is 16.3 Å². The van der Waals surface area contributed by atoms with E-state index in [1.54, 1.807) is 29.7 Å². The molecule has 7 nitrogen and oxygen atoms in total. The van der Waals surface area contributed by atoms with E-state index in [1.807, 2.05) is 47.8 Å². The summed E-state index contributed by atoms with van der Waals surface area (Å²) in [6.07, 6.45) is 1.73. The molecular formula is C27H22N2O5S2. The summed E-state index contributed by atoms with van der Waals surface area (Å²) in [5, 5.41) is 11.8. The van der Waals surface area contributed by atoms with Gasteiger partial charge in [0.2, 0.25) is 0 Å². The van der Waals surface area contributed by atoms with Crippen molar-refractivity contribution in [2.45, 2.75) is 13.0 Å². The van der Waals surface area contributed by atoms with Crippen LogP contribution in [0.15, 0.2) is 81.4 Å². The highest BCUT2D eigenvalue weighted by atomic mass is 32.1. The van der Waals surface area contributed by atoms with Crippen molar-refractivity contribution in [3.8, 4) is 11.5 Å². The number of thiazole rings is 1. The number of fused-ring (bicyclic) bond motifs is 1. The lowest BCUT2D eigenvalue weighted by Gasteiger charge is -2.24. The topological polar surface area (TPSA) is 90.1 Å². The Balaban J connectivity index is 1.79. The zero-order valence-electron chi connectivity index (χ0n) is 19.5. The third kappa shape index (κ3) is 4.27. The van der Waals surface area contributed by atoms with Crippen molar-refractivity contribution in [2.75, 3.05) is 13.7 Å². The lowest BCUT2D eigenvalue weighted by Crippen LogP contribution is -2.39. The number of ether oxygens (including phenoxy) is 2. The van der Waals surface area contributed by atoms with Gasteiger partial charge >= 0.3 is 5.97 Å². The van der Waals surface area contributed by atoms with Gasteiger partial charge in [0.1, 0.15) is 6.04 Å². The van der Waals surface area contributed by atoms with Gasteiger partial charge in [-0.2, -0.15) is 0 Å². The third-order valence-corrected chi connectivity index (χ3v) is 7.60. The molecule has 0 saturated heterocycles. The molecule has 182 valence electrons. The fourth-order valence-electron chi connectivity index (χ4n) is 4.09. The van der Waals surface area contributed by atoms with E-state index in [4.69, 9.17) is 14.5 Å². The average molecular weight is 519 g/mol. The molecule has 0 bridgehead atoms. The van der Waals surface area contributed by atoms with Crippen LogP contribution in [0.1, 0.15) is 29.0 Å². The summed E-state index contributed by atoms with van der Waals surface area (Å²) < 4.78 is 12.7. The number of carbonyl (C=O) groups is 1. The molecule has 1 atom stereocenters. The van der Waals surface area contributed by atoms with E-state index in [0.717, 1.165) is 10.4 Å². The van der Waals surface area contributed by atoms with Crippen LogP contribution >= 0.6 is 22.7 Å². The lowest BCUT2D eigenvalue weighted by molar-refractivity contribution is -0.138. The standard InChI is InChI=1S/C27H22N2O5S2/c1-3-34-26(32)22-23(17-8-5-4-6-9-17)28-27-29(24(22)20-10-7-13-35-20)25(31)21(36-27)15-16-11-12-18(30)19(14-16)33-2/h4-15,24,30H,3H2,1-2H3/b21-15-. The summed E-state index contributed by atoms with van der Waals surface area (Å²) in [7, 11) is 1.47. The first kappa shape index (κ1) is 23.8. The molecule has 4 aromatic rings. The molecule has 36 heavy (non-hydrogen) atoms. The molecule has 9 heteroatoms. The Labute approximate surface area is 214 Å². The summed E-state index contributed by atoms with van der Waals surface area (Å²) in [6.45, 7) is 1.95. The van der Waals surface area contributed by atoms with Crippen molar-refractivity contribution in [1.82, 2.24) is 4.57 Å². The molecule has 2 aromatic carbocycles. The van der Waals surface area contributed by atoms with Crippen molar-refractivity contribution in [3.63, 3.8) is 0 Å². The minimum atomic E-state index is -0.674. The van der Waals surface area contributed by atoms with Crippen LogP contribution in [0, 0.1) is 0 Å². The van der Waals surface area contributed by atoms with Gasteiger partial charge in [-0.1, -0.05) is 53.8 Å². The average Bonchev–Trinajstić information content (AvgIpc) is 3.53. The number of phenolic OH excluding ortho intramolecular Hbond substituents is 1. The van der Waals surface area contributed by atoms with Crippen LogP contribution in [0.3, 0.4) is 0 Å². The van der Waals surface area contributed by atoms with Crippen molar-refractivity contribution in [2.24, 2.45) is 4.99 Å². The Kier molecular flexibility index (Phi) is 6.58. The number of carbonyl (C=O) groups excluding carboxylic acids is 1. The monoisotopic (exact) mass is 518 g/mol. The van der Waals surface area contributed by atoms with Crippen LogP contribution in [-0.2, 0) is 9.53 Å². The highest BCUT2D eigenvalue weighted by Gasteiger charge is 2.35. The number of esters is 1. The van der Waals surface area contributed by atoms with Gasteiger partial charge < -0.3 is 14.6 Å². The van der Waals surface area contributed by atoms with E-state index in [9.17, 15) is 14.7 Å². The first-order chi connectivity index (χ1) is 17.5. The van der Waals surface area contributed by atoms with Gasteiger partial charge in [-0.05, 0) is 42.1 Å². The smallest absolute Gasteiger partial charge is 0.338 e. The van der Waals surface area contributed by atoms with E-state index in [1.165, 1.54) is 35.8 Å². The number of methoxy groups -OCH3 is 1. The number of benzene rings is 2. The number of phenols is 1. The predicted molar refractivity (Wildman–Crippen MR) is 140 cm³/mol. The van der Waals surface area contributed by atoms with Crippen molar-refractivity contribution in [3.05, 3.63) is 107 Å². The molecular weight excluding hydrogens is 496 g/mol. The third-order valence-electron chi connectivity index (χ3n) is 5.69. The lowest BCUT2D eigenvalue weighted by atomic mass is 9.97. The van der Waals surface area contributed by atoms with Gasteiger partial charge in [-0.3, -0.25) is 9.36 Å². The van der Waals surface area contributed by atoms with E-state index in [-0.39, 0.29) is 17.9 Å². The zero-order chi connectivity index (χ0) is 25.2. The van der Waals surface area contributed by atoms with Crippen LogP contribution in [0.5, 0.6) is 11.5 Å². The Bertz CT molecular complexity index is 1630. The summed E-state index contributed by atoms with van der Waals surface area (Å²) in [5.41, 5.74) is 2.01. The van der Waals surface area contributed by atoms with Crippen molar-refractivity contribution >= 4 is 40.4 Å². The molecule has 0 spiro atoms. The van der Waals surface area contributed by atoms with Gasteiger partial charge in [0, 0.05) is 10.4 Å². The van der Waals surface area contributed by atoms with Gasteiger partial charge in [0.25, 0.3) is 5.56 Å². The Morgan fingerprint density at radius 1 is 1.17 bits per heavy atom. The van der Waals surface area contributed by atoms with Crippen LogP contribution in [-0.4, -0.2) is 29.4 Å². The molecule has 3 heterocycles. The van der Waals surface area contributed by atoms with Crippen LogP contribution in [0.2, 0.25) is 0 Å². The summed E-state index contributed by atoms with van der Waals surface area (Å²) in [5.74, 6) is -0.180. The largest absolute Gasteiger partial charge is 0.504 e. The minimum Gasteiger partial charge on any atom is -0.504 e. The minimum absolute atomic E-state index is 0.0142. The molecule has 0 saturated carbocycles. The molecule has 2 aromatic heterocycles. The molecule has 1 aliphatic rings. The number of nitrogens with zero attached hydrogens (tertiary/aromatic N) is 2. The molecule has 1 unspecified atom stereocenters. The molecule has 0 amide bonds. The molecule has 1 aliphatic heterocycles. The highest BCUT2D eigenvalue weighted by molar-refractivity contribution is 7.10. The summed E-state index contributed by atoms with van der Waals surface area (Å²) in [4.78, 5) is 33.2. The maximum Gasteiger partial charge on any atom is 0.338 e. The van der Waals surface area contributed by atoms with Crippen LogP contribution in [0.25, 0.3) is 11.8 Å². The van der Waals surface area contributed by atoms with Gasteiger partial charge in [0.05, 0.1) is 29.5 Å². The zero-order valence-corrected chi connectivity index (χ0v) is 21.1. The Morgan fingerprint density at radius 2 is 1.97 bits per heavy atom.